The molecule has 3 rings (SSSR count). The Balaban J connectivity index is 1.46. The number of carbonyl (C=O) groups is 2. The molecule has 0 radical (unpaired) electrons. The van der Waals surface area contributed by atoms with Gasteiger partial charge in [0.2, 0.25) is 15.9 Å². The summed E-state index contributed by atoms with van der Waals surface area (Å²) >= 11 is 0. The number of hydrogen-bond donors (Lipinski definition) is 1. The molecule has 7 nitrogen and oxygen atoms in total. The predicted molar refractivity (Wildman–Crippen MR) is 119 cm³/mol. The SMILES string of the molecule is COC(=O)CCCCCNC(=O)C1CCN(S(=O)(=O)c2ccc3ccccc3c2)CC1. The summed E-state index contributed by atoms with van der Waals surface area (Å²) < 4.78 is 32.2. The smallest absolute Gasteiger partial charge is 0.305 e. The molecule has 1 N–H and O–H groups in total. The molecule has 1 fully saturated rings. The highest BCUT2D eigenvalue weighted by Gasteiger charge is 2.32. The minimum Gasteiger partial charge on any atom is -0.469 e. The van der Waals surface area contributed by atoms with E-state index in [1.54, 1.807) is 12.1 Å². The van der Waals surface area contributed by atoms with Gasteiger partial charge in [0, 0.05) is 32.0 Å². The maximum absolute atomic E-state index is 13.0. The number of fused-ring (bicyclic) bond motifs is 1. The maximum atomic E-state index is 13.0. The summed E-state index contributed by atoms with van der Waals surface area (Å²) in [5, 5.41) is 4.83. The lowest BCUT2D eigenvalue weighted by atomic mass is 9.97. The molecule has 0 spiro atoms. The van der Waals surface area contributed by atoms with Crippen LogP contribution in [0.3, 0.4) is 0 Å². The first-order valence-electron chi connectivity index (χ1n) is 10.8. The van der Waals surface area contributed by atoms with Crippen molar-refractivity contribution in [2.75, 3.05) is 26.7 Å². The van der Waals surface area contributed by atoms with Crippen LogP contribution in [-0.2, 0) is 24.3 Å². The number of esters is 1. The average molecular weight is 447 g/mol. The highest BCUT2D eigenvalue weighted by atomic mass is 32.2. The molecule has 0 aliphatic carbocycles. The van der Waals surface area contributed by atoms with Crippen molar-refractivity contribution in [1.82, 2.24) is 9.62 Å². The van der Waals surface area contributed by atoms with Crippen molar-refractivity contribution in [2.45, 2.75) is 43.4 Å². The zero-order valence-electron chi connectivity index (χ0n) is 17.9. The van der Waals surface area contributed by atoms with Crippen LogP contribution in [0, 0.1) is 5.92 Å². The molecule has 168 valence electrons. The summed E-state index contributed by atoms with van der Waals surface area (Å²) in [7, 11) is -2.20. The van der Waals surface area contributed by atoms with Gasteiger partial charge in [-0.15, -0.1) is 0 Å². The van der Waals surface area contributed by atoms with Crippen molar-refractivity contribution in [2.24, 2.45) is 5.92 Å². The molecule has 0 atom stereocenters. The second-order valence-electron chi connectivity index (χ2n) is 7.87. The fraction of sp³-hybridized carbons (Fsp3) is 0.478. The minimum absolute atomic E-state index is 0.0179. The summed E-state index contributed by atoms with van der Waals surface area (Å²) in [4.78, 5) is 23.8. The molecular weight excluding hydrogens is 416 g/mol. The maximum Gasteiger partial charge on any atom is 0.305 e. The third kappa shape index (κ3) is 6.04. The third-order valence-corrected chi connectivity index (χ3v) is 7.66. The number of amides is 1. The van der Waals surface area contributed by atoms with Gasteiger partial charge in [0.05, 0.1) is 12.0 Å². The quantitative estimate of drug-likeness (QED) is 0.472. The van der Waals surface area contributed by atoms with E-state index in [-0.39, 0.29) is 17.8 Å². The van der Waals surface area contributed by atoms with Gasteiger partial charge in [0.1, 0.15) is 0 Å². The molecule has 2 aromatic carbocycles. The van der Waals surface area contributed by atoms with E-state index in [1.165, 1.54) is 11.4 Å². The van der Waals surface area contributed by atoms with E-state index < -0.39 is 10.0 Å². The van der Waals surface area contributed by atoms with E-state index in [9.17, 15) is 18.0 Å². The van der Waals surface area contributed by atoms with E-state index in [2.05, 4.69) is 10.1 Å². The number of ether oxygens (including phenoxy) is 1. The fourth-order valence-electron chi connectivity index (χ4n) is 3.86. The zero-order chi connectivity index (χ0) is 22.3. The summed E-state index contributed by atoms with van der Waals surface area (Å²) in [5.74, 6) is -0.400. The predicted octanol–water partition coefficient (Wildman–Crippen LogP) is 3.09. The van der Waals surface area contributed by atoms with Crippen molar-refractivity contribution < 1.29 is 22.7 Å². The molecule has 0 unspecified atom stereocenters. The fourth-order valence-corrected chi connectivity index (χ4v) is 5.37. The van der Waals surface area contributed by atoms with Crippen molar-refractivity contribution in [3.8, 4) is 0 Å². The second kappa shape index (κ2) is 10.7. The van der Waals surface area contributed by atoms with Gasteiger partial charge in [-0.05, 0) is 48.6 Å². The van der Waals surface area contributed by atoms with Crippen molar-refractivity contribution in [3.63, 3.8) is 0 Å². The van der Waals surface area contributed by atoms with Gasteiger partial charge >= 0.3 is 5.97 Å². The molecular formula is C23H30N2O5S. The molecule has 8 heteroatoms. The number of benzene rings is 2. The molecule has 0 bridgehead atoms. The largest absolute Gasteiger partial charge is 0.469 e. The Kier molecular flexibility index (Phi) is 8.03. The van der Waals surface area contributed by atoms with Crippen LogP contribution in [0.4, 0.5) is 0 Å². The number of methoxy groups -OCH3 is 1. The first kappa shape index (κ1) is 23.2. The zero-order valence-corrected chi connectivity index (χ0v) is 18.7. The van der Waals surface area contributed by atoms with E-state index in [0.29, 0.717) is 43.8 Å². The Morgan fingerprint density at radius 2 is 1.74 bits per heavy atom. The van der Waals surface area contributed by atoms with Crippen molar-refractivity contribution in [3.05, 3.63) is 42.5 Å². The first-order valence-corrected chi connectivity index (χ1v) is 12.2. The van der Waals surface area contributed by atoms with Gasteiger partial charge in [0.15, 0.2) is 0 Å². The summed E-state index contributed by atoms with van der Waals surface area (Å²) in [6.45, 7) is 1.24. The Labute approximate surface area is 183 Å². The van der Waals surface area contributed by atoms with E-state index in [4.69, 9.17) is 0 Å². The van der Waals surface area contributed by atoms with Crippen LogP contribution in [0.2, 0.25) is 0 Å². The van der Waals surface area contributed by atoms with Crippen LogP contribution in [0.1, 0.15) is 38.5 Å². The highest BCUT2D eigenvalue weighted by Crippen LogP contribution is 2.26. The lowest BCUT2D eigenvalue weighted by Gasteiger charge is -2.30. The molecule has 1 saturated heterocycles. The highest BCUT2D eigenvalue weighted by molar-refractivity contribution is 7.89. The van der Waals surface area contributed by atoms with Crippen LogP contribution in [0.15, 0.2) is 47.4 Å². The minimum atomic E-state index is -3.58. The van der Waals surface area contributed by atoms with Gasteiger partial charge in [-0.2, -0.15) is 4.31 Å². The number of nitrogens with one attached hydrogen (secondary N) is 1. The Morgan fingerprint density at radius 1 is 1.03 bits per heavy atom. The van der Waals surface area contributed by atoms with Gasteiger partial charge < -0.3 is 10.1 Å². The van der Waals surface area contributed by atoms with Gasteiger partial charge in [0.25, 0.3) is 0 Å². The topological polar surface area (TPSA) is 92.8 Å². The van der Waals surface area contributed by atoms with E-state index in [0.717, 1.165) is 30.0 Å². The Hall–Kier alpha value is -2.45. The Bertz CT molecular complexity index is 1010. The molecule has 1 aliphatic heterocycles. The van der Waals surface area contributed by atoms with Gasteiger partial charge in [-0.3, -0.25) is 9.59 Å². The summed E-state index contributed by atoms with van der Waals surface area (Å²) in [5.41, 5.74) is 0. The lowest BCUT2D eigenvalue weighted by molar-refractivity contribution is -0.140. The molecule has 1 amide bonds. The average Bonchev–Trinajstić information content (AvgIpc) is 2.80. The number of carbonyl (C=O) groups excluding carboxylic acids is 2. The molecule has 1 aliphatic rings. The summed E-state index contributed by atoms with van der Waals surface area (Å²) in [6, 6.07) is 12.9. The van der Waals surface area contributed by atoms with Crippen LogP contribution in [-0.4, -0.2) is 51.3 Å². The molecule has 0 aromatic heterocycles. The number of hydrogen-bond acceptors (Lipinski definition) is 5. The monoisotopic (exact) mass is 446 g/mol. The van der Waals surface area contributed by atoms with Crippen molar-refractivity contribution in [1.29, 1.82) is 0 Å². The van der Waals surface area contributed by atoms with Crippen LogP contribution in [0.5, 0.6) is 0 Å². The second-order valence-corrected chi connectivity index (χ2v) is 9.80. The van der Waals surface area contributed by atoms with E-state index >= 15 is 0 Å². The standard InChI is InChI=1S/C23H30N2O5S/c1-30-22(26)9-3-2-6-14-24-23(27)19-12-15-25(16-13-19)31(28,29)21-11-10-18-7-4-5-8-20(18)17-21/h4-5,7-8,10-11,17,19H,2-3,6,9,12-16H2,1H3,(H,24,27). The van der Waals surface area contributed by atoms with E-state index in [1.807, 2.05) is 30.3 Å². The molecule has 0 saturated carbocycles. The van der Waals surface area contributed by atoms with Gasteiger partial charge in [-0.1, -0.05) is 36.8 Å². The number of nitrogens with zero attached hydrogens (tertiary/aromatic N) is 1. The third-order valence-electron chi connectivity index (χ3n) is 5.77. The number of unbranched alkanes of at least 4 members (excludes halogenated alkanes) is 2. The molecule has 1 heterocycles. The normalized spacial score (nSPS) is 15.6. The molecule has 31 heavy (non-hydrogen) atoms. The number of sulfonamides is 1. The first-order chi connectivity index (χ1) is 14.9. The Morgan fingerprint density at radius 3 is 2.45 bits per heavy atom. The van der Waals surface area contributed by atoms with Crippen LogP contribution < -0.4 is 5.32 Å². The molecule has 2 aromatic rings. The van der Waals surface area contributed by atoms with Crippen LogP contribution in [0.25, 0.3) is 10.8 Å². The number of rotatable bonds is 9. The van der Waals surface area contributed by atoms with Crippen molar-refractivity contribution >= 4 is 32.7 Å². The summed E-state index contributed by atoms with van der Waals surface area (Å²) in [6.07, 6.45) is 3.82. The number of piperidine rings is 1. The lowest BCUT2D eigenvalue weighted by Crippen LogP contribution is -2.43. The van der Waals surface area contributed by atoms with Crippen LogP contribution >= 0.6 is 0 Å². The van der Waals surface area contributed by atoms with Gasteiger partial charge in [-0.25, -0.2) is 8.42 Å².